The van der Waals surface area contributed by atoms with Crippen molar-refractivity contribution < 1.29 is 18.0 Å². The van der Waals surface area contributed by atoms with Crippen LogP contribution in [0.3, 0.4) is 0 Å². The van der Waals surface area contributed by atoms with Crippen molar-refractivity contribution in [2.45, 2.75) is 59.4 Å². The molecule has 35 heavy (non-hydrogen) atoms. The molecule has 1 amide bonds. The van der Waals surface area contributed by atoms with E-state index >= 15 is 0 Å². The third-order valence-electron chi connectivity index (χ3n) is 7.19. The topological polar surface area (TPSA) is 62.5 Å². The van der Waals surface area contributed by atoms with E-state index in [1.165, 1.54) is 13.0 Å². The van der Waals surface area contributed by atoms with Crippen LogP contribution in [-0.4, -0.2) is 25.2 Å². The zero-order chi connectivity index (χ0) is 25.5. The van der Waals surface area contributed by atoms with E-state index in [1.54, 1.807) is 12.3 Å². The normalized spacial score (nSPS) is 19.0. The molecule has 2 aromatic heterocycles. The predicted molar refractivity (Wildman–Crippen MR) is 127 cm³/mol. The Bertz CT molecular complexity index is 1290. The van der Waals surface area contributed by atoms with Crippen molar-refractivity contribution in [1.29, 1.82) is 0 Å². The van der Waals surface area contributed by atoms with E-state index in [1.807, 2.05) is 16.2 Å². The first kappa shape index (κ1) is 24.6. The van der Waals surface area contributed by atoms with Gasteiger partial charge in [-0.2, -0.15) is 13.2 Å². The van der Waals surface area contributed by atoms with Gasteiger partial charge in [0.1, 0.15) is 11.6 Å². The van der Waals surface area contributed by atoms with Crippen molar-refractivity contribution in [3.63, 3.8) is 0 Å². The van der Waals surface area contributed by atoms with Crippen molar-refractivity contribution in [3.8, 4) is 12.8 Å². The van der Waals surface area contributed by atoms with Crippen LogP contribution in [0.15, 0.2) is 24.4 Å². The average molecular weight is 484 g/mol. The van der Waals surface area contributed by atoms with Gasteiger partial charge >= 0.3 is 6.18 Å². The first-order chi connectivity index (χ1) is 16.6. The van der Waals surface area contributed by atoms with Crippen LogP contribution in [0.2, 0.25) is 0 Å². The van der Waals surface area contributed by atoms with Crippen molar-refractivity contribution in [3.05, 3.63) is 58.2 Å². The number of terminal acetylenes is 1. The number of hydrogen-bond acceptors (Lipinski definition) is 4. The summed E-state index contributed by atoms with van der Waals surface area (Å²) in [5.74, 6) is 2.01. The predicted octanol–water partition coefficient (Wildman–Crippen LogP) is 5.11. The van der Waals surface area contributed by atoms with Gasteiger partial charge in [-0.3, -0.25) is 9.20 Å². The summed E-state index contributed by atoms with van der Waals surface area (Å²) >= 11 is 0. The van der Waals surface area contributed by atoms with Crippen LogP contribution < -0.4 is 5.32 Å². The molecule has 1 aromatic carbocycles. The second kappa shape index (κ2) is 9.25. The molecule has 0 spiro atoms. The third kappa shape index (κ3) is 4.33. The van der Waals surface area contributed by atoms with Crippen LogP contribution in [-0.2, 0) is 30.6 Å². The standard InChI is InChI=1S/C24H26F3N5O.C2H2/c1-13-7-8-17(13)23(33)31-11-18-20(12-31)32-15(3)28-10-21(32)30-22(18)29-9-16-5-4-6-19(14(16)2)24(25,26)27;1-2/h4-6,10,13,17H,7-9,11-12H2,1-3H3,(H,29,30);1-2H. The van der Waals surface area contributed by atoms with E-state index in [4.69, 9.17) is 4.98 Å². The van der Waals surface area contributed by atoms with Gasteiger partial charge in [-0.05, 0) is 49.8 Å². The van der Waals surface area contributed by atoms with Gasteiger partial charge in [-0.1, -0.05) is 19.1 Å². The Morgan fingerprint density at radius 3 is 2.57 bits per heavy atom. The molecule has 1 aliphatic carbocycles. The molecule has 3 heterocycles. The lowest BCUT2D eigenvalue weighted by molar-refractivity contribution is -0.141. The smallest absolute Gasteiger partial charge is 0.366 e. The fourth-order valence-corrected chi connectivity index (χ4v) is 4.99. The fourth-order valence-electron chi connectivity index (χ4n) is 4.99. The molecule has 2 unspecified atom stereocenters. The molecular formula is C26H28F3N5O. The van der Waals surface area contributed by atoms with Gasteiger partial charge in [0.25, 0.3) is 0 Å². The number of hydrogen-bond donors (Lipinski definition) is 1. The van der Waals surface area contributed by atoms with Gasteiger partial charge in [0.2, 0.25) is 5.91 Å². The molecule has 184 valence electrons. The zero-order valence-electron chi connectivity index (χ0n) is 20.0. The number of aryl methyl sites for hydroxylation is 1. The number of carbonyl (C=O) groups excluding carboxylic acids is 1. The highest BCUT2D eigenvalue weighted by Gasteiger charge is 2.39. The van der Waals surface area contributed by atoms with E-state index < -0.39 is 11.7 Å². The lowest BCUT2D eigenvalue weighted by atomic mass is 9.74. The van der Waals surface area contributed by atoms with E-state index in [9.17, 15) is 18.0 Å². The Morgan fingerprint density at radius 1 is 1.20 bits per heavy atom. The molecule has 1 saturated carbocycles. The number of alkyl halides is 3. The highest BCUT2D eigenvalue weighted by atomic mass is 19.4. The number of aromatic nitrogens is 3. The quantitative estimate of drug-likeness (QED) is 0.524. The summed E-state index contributed by atoms with van der Waals surface area (Å²) in [6.07, 6.45) is 7.28. The number of fused-ring (bicyclic) bond motifs is 3. The molecule has 2 atom stereocenters. The largest absolute Gasteiger partial charge is 0.416 e. The van der Waals surface area contributed by atoms with Crippen molar-refractivity contribution in [1.82, 2.24) is 19.3 Å². The van der Waals surface area contributed by atoms with Gasteiger partial charge < -0.3 is 10.2 Å². The van der Waals surface area contributed by atoms with E-state index in [0.717, 1.165) is 36.0 Å². The van der Waals surface area contributed by atoms with Gasteiger partial charge in [0.05, 0.1) is 30.5 Å². The number of imidazole rings is 1. The molecule has 0 bridgehead atoms. The van der Waals surface area contributed by atoms with Gasteiger partial charge in [0.15, 0.2) is 5.65 Å². The van der Waals surface area contributed by atoms with Crippen LogP contribution in [0.5, 0.6) is 0 Å². The fraction of sp³-hybridized carbons (Fsp3) is 0.423. The van der Waals surface area contributed by atoms with E-state index in [2.05, 4.69) is 30.1 Å². The molecule has 2 aliphatic rings. The number of nitrogens with zero attached hydrogens (tertiary/aromatic N) is 4. The Morgan fingerprint density at radius 2 is 1.94 bits per heavy atom. The first-order valence-corrected chi connectivity index (χ1v) is 11.5. The van der Waals surface area contributed by atoms with Gasteiger partial charge in [-0.15, -0.1) is 12.8 Å². The molecule has 5 rings (SSSR count). The highest BCUT2D eigenvalue weighted by Crippen LogP contribution is 2.38. The minimum Gasteiger partial charge on any atom is -0.366 e. The second-order valence-corrected chi connectivity index (χ2v) is 9.18. The molecule has 1 fully saturated rings. The lowest BCUT2D eigenvalue weighted by Crippen LogP contribution is -2.40. The Kier molecular flexibility index (Phi) is 6.50. The summed E-state index contributed by atoms with van der Waals surface area (Å²) in [5.41, 5.74) is 2.63. The average Bonchev–Trinajstić information content (AvgIpc) is 3.41. The van der Waals surface area contributed by atoms with Crippen LogP contribution in [0, 0.1) is 38.5 Å². The number of rotatable bonds is 4. The second-order valence-electron chi connectivity index (χ2n) is 9.18. The lowest BCUT2D eigenvalue weighted by Gasteiger charge is -2.35. The van der Waals surface area contributed by atoms with Gasteiger partial charge in [0, 0.05) is 18.0 Å². The zero-order valence-corrected chi connectivity index (χ0v) is 20.0. The summed E-state index contributed by atoms with van der Waals surface area (Å²) in [7, 11) is 0. The molecule has 1 N–H and O–H groups in total. The minimum absolute atomic E-state index is 0.0656. The Labute approximate surface area is 202 Å². The summed E-state index contributed by atoms with van der Waals surface area (Å²) in [5, 5.41) is 3.25. The highest BCUT2D eigenvalue weighted by molar-refractivity contribution is 5.81. The summed E-state index contributed by atoms with van der Waals surface area (Å²) in [6.45, 7) is 6.60. The molecule has 0 saturated heterocycles. The number of nitrogens with one attached hydrogen (secondary N) is 1. The maximum atomic E-state index is 13.3. The summed E-state index contributed by atoms with van der Waals surface area (Å²) < 4.78 is 41.9. The SMILES string of the molecule is C#C.Cc1c(CNc2nc3cnc(C)n3c3c2CN(C(=O)C2CCC2C)C3)cccc1C(F)(F)F. The van der Waals surface area contributed by atoms with Crippen molar-refractivity contribution in [2.24, 2.45) is 11.8 Å². The number of anilines is 1. The van der Waals surface area contributed by atoms with Crippen LogP contribution >= 0.6 is 0 Å². The number of halogens is 3. The van der Waals surface area contributed by atoms with Crippen LogP contribution in [0.4, 0.5) is 19.0 Å². The molecule has 1 aliphatic heterocycles. The Balaban J connectivity index is 0.00000141. The van der Waals surface area contributed by atoms with Crippen molar-refractivity contribution >= 4 is 17.4 Å². The number of benzene rings is 1. The van der Waals surface area contributed by atoms with Crippen LogP contribution in [0.1, 0.15) is 53.5 Å². The summed E-state index contributed by atoms with van der Waals surface area (Å²) in [4.78, 5) is 24.0. The monoisotopic (exact) mass is 483 g/mol. The number of carbonyl (C=O) groups is 1. The van der Waals surface area contributed by atoms with E-state index in [-0.39, 0.29) is 23.9 Å². The maximum Gasteiger partial charge on any atom is 0.416 e. The molecular weight excluding hydrogens is 455 g/mol. The summed E-state index contributed by atoms with van der Waals surface area (Å²) in [6, 6.07) is 4.21. The van der Waals surface area contributed by atoms with Gasteiger partial charge in [-0.25, -0.2) is 9.97 Å². The molecule has 9 heteroatoms. The molecule has 0 radical (unpaired) electrons. The van der Waals surface area contributed by atoms with E-state index in [0.29, 0.717) is 36.0 Å². The molecule has 6 nitrogen and oxygen atoms in total. The maximum absolute atomic E-state index is 13.3. The minimum atomic E-state index is -4.40. The first-order valence-electron chi connectivity index (χ1n) is 11.5. The third-order valence-corrected chi connectivity index (χ3v) is 7.19. The van der Waals surface area contributed by atoms with Crippen molar-refractivity contribution in [2.75, 3.05) is 5.32 Å². The Hall–Kier alpha value is -3.54. The van der Waals surface area contributed by atoms with Crippen LogP contribution in [0.25, 0.3) is 5.65 Å². The molecule has 3 aromatic rings. The number of amides is 1.